The van der Waals surface area contributed by atoms with Crippen LogP contribution >= 0.6 is 11.8 Å². The molecule has 0 bridgehead atoms. The van der Waals surface area contributed by atoms with Crippen molar-refractivity contribution in [3.05, 3.63) is 88.0 Å². The van der Waals surface area contributed by atoms with Gasteiger partial charge in [-0.05, 0) is 66.6 Å². The molecule has 0 N–H and O–H groups in total. The molecule has 4 rings (SSSR count). The molecular formula is C24H23N3O3S. The normalized spacial score (nSPS) is 14.2. The van der Waals surface area contributed by atoms with E-state index in [1.54, 1.807) is 23.9 Å². The third-order valence-corrected chi connectivity index (χ3v) is 6.12. The number of non-ortho nitro benzene ring substituents is 1. The quantitative estimate of drug-likeness (QED) is 0.286. The number of benzene rings is 3. The van der Waals surface area contributed by atoms with E-state index in [1.165, 1.54) is 23.4 Å². The van der Waals surface area contributed by atoms with Gasteiger partial charge in [-0.3, -0.25) is 15.1 Å². The maximum absolute atomic E-state index is 10.8. The molecule has 0 atom stereocenters. The topological polar surface area (TPSA) is 68.0 Å². The van der Waals surface area contributed by atoms with Crippen molar-refractivity contribution in [3.8, 4) is 0 Å². The summed E-state index contributed by atoms with van der Waals surface area (Å²) >= 11 is 1.56. The van der Waals surface area contributed by atoms with Crippen molar-refractivity contribution >= 4 is 35.0 Å². The van der Waals surface area contributed by atoms with E-state index in [0.29, 0.717) is 0 Å². The van der Waals surface area contributed by atoms with Gasteiger partial charge in [-0.1, -0.05) is 17.8 Å². The summed E-state index contributed by atoms with van der Waals surface area (Å²) in [5, 5.41) is 10.8. The summed E-state index contributed by atoms with van der Waals surface area (Å²) in [6.45, 7) is 5.52. The number of morpholine rings is 1. The van der Waals surface area contributed by atoms with Crippen LogP contribution in [0.5, 0.6) is 0 Å². The van der Waals surface area contributed by atoms with Crippen LogP contribution in [0.3, 0.4) is 0 Å². The van der Waals surface area contributed by atoms with Crippen molar-refractivity contribution in [2.45, 2.75) is 16.7 Å². The van der Waals surface area contributed by atoms with Gasteiger partial charge in [0.1, 0.15) is 0 Å². The molecule has 31 heavy (non-hydrogen) atoms. The van der Waals surface area contributed by atoms with Gasteiger partial charge in [-0.15, -0.1) is 0 Å². The Balaban J connectivity index is 1.39. The van der Waals surface area contributed by atoms with Gasteiger partial charge < -0.3 is 9.64 Å². The molecule has 158 valence electrons. The van der Waals surface area contributed by atoms with Gasteiger partial charge >= 0.3 is 0 Å². The summed E-state index contributed by atoms with van der Waals surface area (Å²) in [5.41, 5.74) is 4.50. The summed E-state index contributed by atoms with van der Waals surface area (Å²) in [7, 11) is 0. The predicted molar refractivity (Wildman–Crippen MR) is 125 cm³/mol. The van der Waals surface area contributed by atoms with E-state index in [-0.39, 0.29) is 10.6 Å². The van der Waals surface area contributed by atoms with E-state index in [0.717, 1.165) is 47.3 Å². The standard InChI is InChI=1S/C24H23N3O3S/c1-18-16-22(26-12-14-30-15-13-26)5-2-19(18)17-25-20-3-8-23(9-4-20)31-24-10-6-21(7-11-24)27(28)29/h2-11,16-17H,12-15H2,1H3. The Morgan fingerprint density at radius 2 is 1.65 bits per heavy atom. The second-order valence-corrected chi connectivity index (χ2v) is 8.39. The molecule has 1 fully saturated rings. The molecule has 0 radical (unpaired) electrons. The summed E-state index contributed by atoms with van der Waals surface area (Å²) < 4.78 is 5.43. The number of rotatable bonds is 6. The average Bonchev–Trinajstić information content (AvgIpc) is 2.80. The molecule has 7 heteroatoms. The predicted octanol–water partition coefficient (Wildman–Crippen LogP) is 5.64. The van der Waals surface area contributed by atoms with Gasteiger partial charge in [-0.25, -0.2) is 0 Å². The van der Waals surface area contributed by atoms with Gasteiger partial charge in [0.05, 0.1) is 23.8 Å². The minimum absolute atomic E-state index is 0.0994. The number of nitro benzene ring substituents is 1. The number of anilines is 1. The highest BCUT2D eigenvalue weighted by Gasteiger charge is 2.11. The van der Waals surface area contributed by atoms with Crippen LogP contribution in [0.2, 0.25) is 0 Å². The number of aliphatic imine (C=N–C) groups is 1. The van der Waals surface area contributed by atoms with Crippen molar-refractivity contribution in [2.75, 3.05) is 31.2 Å². The number of hydrogen-bond donors (Lipinski definition) is 0. The monoisotopic (exact) mass is 433 g/mol. The van der Waals surface area contributed by atoms with Crippen molar-refractivity contribution in [1.29, 1.82) is 0 Å². The maximum Gasteiger partial charge on any atom is 0.269 e. The van der Waals surface area contributed by atoms with Gasteiger partial charge in [0.25, 0.3) is 5.69 Å². The lowest BCUT2D eigenvalue weighted by Gasteiger charge is -2.29. The molecule has 3 aromatic carbocycles. The number of nitro groups is 1. The zero-order valence-corrected chi connectivity index (χ0v) is 18.0. The molecule has 3 aromatic rings. The smallest absolute Gasteiger partial charge is 0.269 e. The average molecular weight is 434 g/mol. The summed E-state index contributed by atoms with van der Waals surface area (Å²) in [4.78, 5) is 19.3. The molecule has 1 aliphatic heterocycles. The van der Waals surface area contributed by atoms with Crippen LogP contribution in [0.25, 0.3) is 0 Å². The summed E-state index contributed by atoms with van der Waals surface area (Å²) in [6.07, 6.45) is 1.90. The number of aryl methyl sites for hydroxylation is 1. The van der Waals surface area contributed by atoms with E-state index in [2.05, 4.69) is 35.0 Å². The number of ether oxygens (including phenoxy) is 1. The second kappa shape index (κ2) is 9.76. The molecule has 1 aliphatic rings. The van der Waals surface area contributed by atoms with E-state index in [4.69, 9.17) is 4.74 Å². The Morgan fingerprint density at radius 3 is 2.26 bits per heavy atom. The van der Waals surface area contributed by atoms with Gasteiger partial charge in [0.15, 0.2) is 0 Å². The molecule has 0 aliphatic carbocycles. The Bertz CT molecular complexity index is 1080. The first kappa shape index (κ1) is 21.1. The molecule has 0 amide bonds. The lowest BCUT2D eigenvalue weighted by molar-refractivity contribution is -0.384. The first-order valence-electron chi connectivity index (χ1n) is 10.1. The van der Waals surface area contributed by atoms with Crippen LogP contribution in [-0.4, -0.2) is 37.4 Å². The molecular weight excluding hydrogens is 410 g/mol. The second-order valence-electron chi connectivity index (χ2n) is 7.25. The lowest BCUT2D eigenvalue weighted by atomic mass is 10.1. The minimum atomic E-state index is -0.390. The largest absolute Gasteiger partial charge is 0.378 e. The highest BCUT2D eigenvalue weighted by molar-refractivity contribution is 7.99. The van der Waals surface area contributed by atoms with E-state index in [1.807, 2.05) is 30.5 Å². The van der Waals surface area contributed by atoms with E-state index < -0.39 is 0 Å². The first-order valence-corrected chi connectivity index (χ1v) is 10.9. The number of hydrogen-bond acceptors (Lipinski definition) is 6. The van der Waals surface area contributed by atoms with Crippen LogP contribution in [0.15, 0.2) is 81.5 Å². The lowest BCUT2D eigenvalue weighted by Crippen LogP contribution is -2.36. The highest BCUT2D eigenvalue weighted by atomic mass is 32.2. The number of nitrogens with zero attached hydrogens (tertiary/aromatic N) is 3. The molecule has 0 unspecified atom stereocenters. The fourth-order valence-corrected chi connectivity index (χ4v) is 4.16. The minimum Gasteiger partial charge on any atom is -0.378 e. The molecule has 0 spiro atoms. The summed E-state index contributed by atoms with van der Waals surface area (Å²) in [5.74, 6) is 0. The van der Waals surface area contributed by atoms with Gasteiger partial charge in [-0.2, -0.15) is 0 Å². The van der Waals surface area contributed by atoms with Crippen LogP contribution in [-0.2, 0) is 4.74 Å². The Kier molecular flexibility index (Phi) is 6.64. The van der Waals surface area contributed by atoms with Gasteiger partial charge in [0, 0.05) is 46.9 Å². The van der Waals surface area contributed by atoms with Crippen LogP contribution in [0, 0.1) is 17.0 Å². The third kappa shape index (κ3) is 5.51. The first-order chi connectivity index (χ1) is 15.1. The molecule has 1 heterocycles. The zero-order chi connectivity index (χ0) is 21.6. The van der Waals surface area contributed by atoms with E-state index >= 15 is 0 Å². The van der Waals surface area contributed by atoms with Crippen molar-refractivity contribution in [1.82, 2.24) is 0 Å². The van der Waals surface area contributed by atoms with Crippen molar-refractivity contribution in [3.63, 3.8) is 0 Å². The molecule has 6 nitrogen and oxygen atoms in total. The summed E-state index contributed by atoms with van der Waals surface area (Å²) in [6, 6.07) is 21.0. The fourth-order valence-electron chi connectivity index (χ4n) is 3.34. The van der Waals surface area contributed by atoms with Crippen LogP contribution < -0.4 is 4.90 Å². The third-order valence-electron chi connectivity index (χ3n) is 5.10. The molecule has 0 aromatic heterocycles. The Labute approximate surface area is 185 Å². The SMILES string of the molecule is Cc1cc(N2CCOCC2)ccc1C=Nc1ccc(Sc2ccc([N+](=O)[O-])cc2)cc1. The fraction of sp³-hybridized carbons (Fsp3) is 0.208. The Morgan fingerprint density at radius 1 is 1.00 bits per heavy atom. The van der Waals surface area contributed by atoms with E-state index in [9.17, 15) is 10.1 Å². The maximum atomic E-state index is 10.8. The van der Waals surface area contributed by atoms with Crippen molar-refractivity contribution < 1.29 is 9.66 Å². The van der Waals surface area contributed by atoms with Gasteiger partial charge in [0.2, 0.25) is 0 Å². The van der Waals surface area contributed by atoms with Crippen LogP contribution in [0.4, 0.5) is 17.1 Å². The highest BCUT2D eigenvalue weighted by Crippen LogP contribution is 2.30. The Hall–Kier alpha value is -3.16. The van der Waals surface area contributed by atoms with Crippen molar-refractivity contribution in [2.24, 2.45) is 4.99 Å². The zero-order valence-electron chi connectivity index (χ0n) is 17.2. The van der Waals surface area contributed by atoms with Crippen LogP contribution in [0.1, 0.15) is 11.1 Å². The molecule has 0 saturated carbocycles. The molecule has 1 saturated heterocycles.